The van der Waals surface area contributed by atoms with Crippen LogP contribution in [0, 0.1) is 0 Å². The highest BCUT2D eigenvalue weighted by Gasteiger charge is 2.17. The van der Waals surface area contributed by atoms with E-state index in [1.54, 1.807) is 30.3 Å². The summed E-state index contributed by atoms with van der Waals surface area (Å²) in [6.45, 7) is 6.89. The van der Waals surface area contributed by atoms with E-state index in [1.807, 2.05) is 42.5 Å². The molecule has 0 bridgehead atoms. The van der Waals surface area contributed by atoms with Crippen LogP contribution in [0.1, 0.15) is 63.9 Å². The molecule has 322 valence electrons. The number of hydrogen-bond donors (Lipinski definition) is 0. The zero-order valence-electron chi connectivity index (χ0n) is 33.9. The van der Waals surface area contributed by atoms with E-state index in [2.05, 4.69) is 138 Å². The van der Waals surface area contributed by atoms with Gasteiger partial charge in [0.2, 0.25) is 23.6 Å². The van der Waals surface area contributed by atoms with E-state index in [0.29, 0.717) is 40.8 Å². The standard InChI is InChI=1S/C35H38N24O4/c1-4-6-7-8-9-10-11-12-23-60-29-18-13-26(14-19-29)32-37-39-34(61-32)28-17-22-31(25(5-2)24-28)35-40-38-33(62-35)27-15-20-30(21-16-27)63-59-58-57-56-55-54-53-52-51-50-49-48-47-46-45-44-43-42-41-36-3/h5,13-22,24H,2,4,6-12,23H2,1,3H3. The van der Waals surface area contributed by atoms with Crippen molar-refractivity contribution in [3.8, 4) is 57.3 Å². The van der Waals surface area contributed by atoms with Crippen molar-refractivity contribution < 1.29 is 18.4 Å². The number of rotatable bonds is 26. The van der Waals surface area contributed by atoms with E-state index in [9.17, 15) is 0 Å². The van der Waals surface area contributed by atoms with Crippen LogP contribution in [0.5, 0.6) is 11.5 Å². The number of aromatic nitrogens is 4. The molecule has 0 N–H and O–H groups in total. The van der Waals surface area contributed by atoms with Crippen LogP contribution in [0.2, 0.25) is 0 Å². The first-order valence-corrected chi connectivity index (χ1v) is 19.0. The van der Waals surface area contributed by atoms with Gasteiger partial charge in [-0.25, -0.2) is 0 Å². The minimum absolute atomic E-state index is 0.271. The van der Waals surface area contributed by atoms with Crippen LogP contribution in [-0.4, -0.2) is 34.0 Å². The van der Waals surface area contributed by atoms with Crippen molar-refractivity contribution in [1.29, 1.82) is 0 Å². The first-order valence-electron chi connectivity index (χ1n) is 19.0. The summed E-state index contributed by atoms with van der Waals surface area (Å²) in [7, 11) is 1.40. The van der Waals surface area contributed by atoms with Crippen LogP contribution < -0.4 is 9.57 Å². The van der Waals surface area contributed by atoms with Crippen molar-refractivity contribution in [3.05, 3.63) is 78.9 Å². The topological polar surface area (TPSA) is 344 Å². The lowest BCUT2D eigenvalue weighted by Gasteiger charge is -2.06. The van der Waals surface area contributed by atoms with Crippen LogP contribution >= 0.6 is 0 Å². The molecule has 0 radical (unpaired) electrons. The quantitative estimate of drug-likeness (QED) is 0.0291. The van der Waals surface area contributed by atoms with Crippen LogP contribution in [0.3, 0.4) is 0 Å². The maximum absolute atomic E-state index is 6.04. The van der Waals surface area contributed by atoms with Crippen molar-refractivity contribution in [2.75, 3.05) is 13.7 Å². The van der Waals surface area contributed by atoms with Gasteiger partial charge in [0.05, 0.1) is 18.9 Å². The Morgan fingerprint density at radius 1 is 0.492 bits per heavy atom. The van der Waals surface area contributed by atoms with E-state index in [1.165, 1.54) is 52.0 Å². The maximum atomic E-state index is 6.04. The van der Waals surface area contributed by atoms with E-state index in [-0.39, 0.29) is 11.8 Å². The van der Waals surface area contributed by atoms with Crippen molar-refractivity contribution in [1.82, 2.24) is 20.4 Å². The number of ether oxygens (including phenoxy) is 1. The molecule has 0 aliphatic heterocycles. The summed E-state index contributed by atoms with van der Waals surface area (Å²) in [5, 5.41) is 80.0. The molecule has 0 saturated carbocycles. The molecule has 0 amide bonds. The van der Waals surface area contributed by atoms with Gasteiger partial charge < -0.3 is 18.4 Å². The second-order valence-electron chi connectivity index (χ2n) is 12.2. The molecule has 28 nitrogen and oxygen atoms in total. The molecule has 63 heavy (non-hydrogen) atoms. The van der Waals surface area contributed by atoms with Gasteiger partial charge in [0.1, 0.15) is 5.75 Å². The zero-order chi connectivity index (χ0) is 44.0. The lowest BCUT2D eigenvalue weighted by molar-refractivity contribution is 0.304. The van der Waals surface area contributed by atoms with Crippen molar-refractivity contribution in [2.24, 2.45) is 104 Å². The first-order chi connectivity index (χ1) is 31.2. The summed E-state index contributed by atoms with van der Waals surface area (Å²) in [4.78, 5) is 5.15. The van der Waals surface area contributed by atoms with Crippen molar-refractivity contribution in [2.45, 2.75) is 58.3 Å². The molecule has 0 fully saturated rings. The number of hydrogen-bond acceptors (Lipinski definition) is 10. The van der Waals surface area contributed by atoms with E-state index < -0.39 is 0 Å². The van der Waals surface area contributed by atoms with Crippen LogP contribution in [0.25, 0.3) is 51.9 Å². The third-order valence-electron chi connectivity index (χ3n) is 8.02. The van der Waals surface area contributed by atoms with Gasteiger partial charge in [0.15, 0.2) is 5.75 Å². The normalized spacial score (nSPS) is 12.6. The summed E-state index contributed by atoms with van der Waals surface area (Å²) >= 11 is 0. The molecule has 5 rings (SSSR count). The van der Waals surface area contributed by atoms with Gasteiger partial charge in [-0.1, -0.05) is 64.5 Å². The van der Waals surface area contributed by atoms with Gasteiger partial charge in [-0.15, -0.1) is 20.4 Å². The fourth-order valence-corrected chi connectivity index (χ4v) is 5.15. The molecule has 0 spiro atoms. The predicted molar refractivity (Wildman–Crippen MR) is 217 cm³/mol. The molecule has 0 unspecified atom stereocenters. The van der Waals surface area contributed by atoms with Crippen LogP contribution in [0.4, 0.5) is 0 Å². The number of unbranched alkanes of at least 4 members (excludes halogenated alkanes) is 7. The minimum atomic E-state index is 0.271. The Hall–Kier alpha value is -8.72. The van der Waals surface area contributed by atoms with E-state index >= 15 is 0 Å². The molecule has 0 atom stereocenters. The number of benzene rings is 3. The van der Waals surface area contributed by atoms with Gasteiger partial charge in [-0.05, 0) is 121 Å². The van der Waals surface area contributed by atoms with Gasteiger partial charge in [0.25, 0.3) is 0 Å². The first kappa shape index (κ1) is 45.4. The Labute approximate surface area is 356 Å². The highest BCUT2D eigenvalue weighted by Crippen LogP contribution is 2.32. The second kappa shape index (κ2) is 27.1. The molecular formula is C35H38N24O4. The molecule has 2 aromatic heterocycles. The predicted octanol–water partition coefficient (Wildman–Crippen LogP) is 13.0. The summed E-state index contributed by atoms with van der Waals surface area (Å²) in [5.41, 5.74) is 3.50. The summed E-state index contributed by atoms with van der Waals surface area (Å²) in [6.07, 6.45) is 11.7. The Balaban J connectivity index is 1.05. The van der Waals surface area contributed by atoms with Gasteiger partial charge >= 0.3 is 0 Å². The third-order valence-corrected chi connectivity index (χ3v) is 8.02. The molecule has 3 aromatic carbocycles. The van der Waals surface area contributed by atoms with Crippen molar-refractivity contribution >= 4 is 6.08 Å². The molecule has 0 aliphatic carbocycles. The van der Waals surface area contributed by atoms with Crippen LogP contribution in [-0.2, 0) is 0 Å². The number of nitrogens with zero attached hydrogens (tertiary/aromatic N) is 24. The lowest BCUT2D eigenvalue weighted by atomic mass is 10.0. The van der Waals surface area contributed by atoms with Gasteiger partial charge in [-0.2, -0.15) is 5.11 Å². The summed E-state index contributed by atoms with van der Waals surface area (Å²) < 4.78 is 18.0. The second-order valence-corrected chi connectivity index (χ2v) is 12.2. The average molecular weight is 859 g/mol. The summed E-state index contributed by atoms with van der Waals surface area (Å²) in [5.74, 6) is 2.43. The molecule has 28 heteroatoms. The molecular weight excluding hydrogens is 821 g/mol. The van der Waals surface area contributed by atoms with Crippen molar-refractivity contribution in [3.63, 3.8) is 0 Å². The monoisotopic (exact) mass is 858 g/mol. The molecule has 5 aromatic rings. The fourth-order valence-electron chi connectivity index (χ4n) is 5.15. The minimum Gasteiger partial charge on any atom is -0.494 e. The van der Waals surface area contributed by atoms with Gasteiger partial charge in [-0.3, -0.25) is 0 Å². The van der Waals surface area contributed by atoms with E-state index in [4.69, 9.17) is 18.4 Å². The summed E-state index contributed by atoms with van der Waals surface area (Å²) in [6, 6.07) is 19.8. The molecule has 0 aliphatic rings. The largest absolute Gasteiger partial charge is 0.494 e. The Bertz CT molecular complexity index is 2450. The molecule has 2 heterocycles. The van der Waals surface area contributed by atoms with Crippen LogP contribution in [0.15, 0.2) is 187 Å². The molecule has 0 saturated heterocycles. The lowest BCUT2D eigenvalue weighted by Crippen LogP contribution is -1.97. The average Bonchev–Trinajstić information content (AvgIpc) is 4.02. The highest BCUT2D eigenvalue weighted by atomic mass is 16.6. The Morgan fingerprint density at radius 2 is 0.921 bits per heavy atom. The Morgan fingerprint density at radius 3 is 1.44 bits per heavy atom. The smallest absolute Gasteiger partial charge is 0.248 e. The Kier molecular flexibility index (Phi) is 19.5. The maximum Gasteiger partial charge on any atom is 0.248 e. The van der Waals surface area contributed by atoms with Gasteiger partial charge in [0, 0.05) is 74.5 Å². The zero-order valence-corrected chi connectivity index (χ0v) is 33.9. The fraction of sp³-hybridized carbons (Fsp3) is 0.314. The SMILES string of the molecule is C=Cc1cc(-c2nnc(-c3ccc(OCCCCCCCCCC)cc3)o2)ccc1-c1nnc(-c2ccc(ON=NN=NN=NN=NN=NN=NN=NN=NN=NN=NC)cc2)o1. The van der Waals surface area contributed by atoms with E-state index in [0.717, 1.165) is 23.3 Å². The third kappa shape index (κ3) is 16.1. The highest BCUT2D eigenvalue weighted by molar-refractivity contribution is 5.75.